The maximum absolute atomic E-state index is 10.4. The molecular formula is C27H33NO5. The van der Waals surface area contributed by atoms with Crippen molar-refractivity contribution in [2.45, 2.75) is 32.2 Å². The molecule has 0 radical (unpaired) electrons. The van der Waals surface area contributed by atoms with Crippen molar-refractivity contribution >= 4 is 0 Å². The summed E-state index contributed by atoms with van der Waals surface area (Å²) in [7, 11) is 1.66. The standard InChI is InChI=1S/C27H33NO5/c1-32-25-8-5-20(6-9-25)12-14-33-19-22-4-2-3-21(15-22)11-13-28-17-27(31)23-7-10-26(30)24(16-23)18-29/h2-10,15-16,27-31H,11-14,17-19H2,1H3. The third-order valence-corrected chi connectivity index (χ3v) is 5.54. The molecule has 33 heavy (non-hydrogen) atoms. The van der Waals surface area contributed by atoms with E-state index >= 15 is 0 Å². The molecule has 176 valence electrons. The van der Waals surface area contributed by atoms with Crippen LogP contribution in [0.25, 0.3) is 0 Å². The van der Waals surface area contributed by atoms with E-state index in [0.717, 1.165) is 30.7 Å². The predicted octanol–water partition coefficient (Wildman–Crippen LogP) is 3.52. The van der Waals surface area contributed by atoms with Crippen molar-refractivity contribution in [1.82, 2.24) is 5.32 Å². The second-order valence-electron chi connectivity index (χ2n) is 7.99. The highest BCUT2D eigenvalue weighted by molar-refractivity contribution is 5.36. The molecule has 3 rings (SSSR count). The molecule has 0 aliphatic heterocycles. The van der Waals surface area contributed by atoms with E-state index in [-0.39, 0.29) is 12.4 Å². The zero-order valence-corrected chi connectivity index (χ0v) is 19.0. The van der Waals surface area contributed by atoms with Crippen molar-refractivity contribution in [2.75, 3.05) is 26.8 Å². The van der Waals surface area contributed by atoms with Crippen LogP contribution in [0.4, 0.5) is 0 Å². The van der Waals surface area contributed by atoms with Crippen LogP contribution < -0.4 is 10.1 Å². The fourth-order valence-electron chi connectivity index (χ4n) is 3.58. The summed E-state index contributed by atoms with van der Waals surface area (Å²) in [6.45, 7) is 2.09. The Hall–Kier alpha value is -2.90. The fraction of sp³-hybridized carbons (Fsp3) is 0.333. The van der Waals surface area contributed by atoms with Gasteiger partial charge >= 0.3 is 0 Å². The number of hydrogen-bond acceptors (Lipinski definition) is 6. The molecule has 1 unspecified atom stereocenters. The maximum atomic E-state index is 10.4. The number of nitrogens with one attached hydrogen (secondary N) is 1. The first-order valence-electron chi connectivity index (χ1n) is 11.2. The SMILES string of the molecule is COc1ccc(CCOCc2cccc(CCNCC(O)c3ccc(O)c(CO)c3)c2)cc1. The summed E-state index contributed by atoms with van der Waals surface area (Å²) in [5, 5.41) is 32.5. The zero-order valence-electron chi connectivity index (χ0n) is 19.0. The normalized spacial score (nSPS) is 12.0. The van der Waals surface area contributed by atoms with Gasteiger partial charge in [-0.3, -0.25) is 0 Å². The summed E-state index contributed by atoms with van der Waals surface area (Å²) < 4.78 is 11.0. The van der Waals surface area contributed by atoms with Gasteiger partial charge in [0.15, 0.2) is 0 Å². The van der Waals surface area contributed by atoms with E-state index in [1.807, 2.05) is 18.2 Å². The molecule has 4 N–H and O–H groups in total. The van der Waals surface area contributed by atoms with E-state index in [1.165, 1.54) is 17.2 Å². The highest BCUT2D eigenvalue weighted by atomic mass is 16.5. The van der Waals surface area contributed by atoms with Gasteiger partial charge in [-0.1, -0.05) is 42.5 Å². The van der Waals surface area contributed by atoms with Crippen molar-refractivity contribution in [1.29, 1.82) is 0 Å². The van der Waals surface area contributed by atoms with E-state index in [0.29, 0.717) is 30.9 Å². The van der Waals surface area contributed by atoms with Gasteiger partial charge in [-0.2, -0.15) is 0 Å². The molecule has 6 nitrogen and oxygen atoms in total. The molecule has 0 aromatic heterocycles. The first kappa shape index (κ1) is 24.7. The lowest BCUT2D eigenvalue weighted by molar-refractivity contribution is 0.124. The highest BCUT2D eigenvalue weighted by Gasteiger charge is 2.10. The molecule has 0 amide bonds. The lowest BCUT2D eigenvalue weighted by Crippen LogP contribution is -2.23. The summed E-state index contributed by atoms with van der Waals surface area (Å²) in [5.41, 5.74) is 4.65. The molecule has 0 aliphatic carbocycles. The fourth-order valence-corrected chi connectivity index (χ4v) is 3.58. The van der Waals surface area contributed by atoms with Crippen molar-refractivity contribution in [3.05, 3.63) is 94.5 Å². The zero-order chi connectivity index (χ0) is 23.5. The summed E-state index contributed by atoms with van der Waals surface area (Å²) in [6.07, 6.45) is 0.988. The largest absolute Gasteiger partial charge is 0.508 e. The number of aromatic hydroxyl groups is 1. The van der Waals surface area contributed by atoms with Crippen molar-refractivity contribution in [2.24, 2.45) is 0 Å². The van der Waals surface area contributed by atoms with Gasteiger partial charge < -0.3 is 30.1 Å². The number of aliphatic hydroxyl groups is 2. The molecule has 1 atom stereocenters. The molecule has 6 heteroatoms. The third kappa shape index (κ3) is 7.87. The molecule has 3 aromatic carbocycles. The van der Waals surface area contributed by atoms with Crippen LogP contribution in [0.15, 0.2) is 66.7 Å². The average molecular weight is 452 g/mol. The monoisotopic (exact) mass is 451 g/mol. The molecule has 0 fully saturated rings. The predicted molar refractivity (Wildman–Crippen MR) is 128 cm³/mol. The van der Waals surface area contributed by atoms with Crippen LogP contribution in [0.3, 0.4) is 0 Å². The van der Waals surface area contributed by atoms with E-state index in [4.69, 9.17) is 9.47 Å². The third-order valence-electron chi connectivity index (χ3n) is 5.54. The van der Waals surface area contributed by atoms with Crippen LogP contribution in [0.2, 0.25) is 0 Å². The Balaban J connectivity index is 1.37. The first-order valence-corrected chi connectivity index (χ1v) is 11.2. The molecule has 0 spiro atoms. The topological polar surface area (TPSA) is 91.2 Å². The molecule has 0 heterocycles. The quantitative estimate of drug-likeness (QED) is 0.297. The molecule has 0 saturated carbocycles. The van der Waals surface area contributed by atoms with Crippen molar-refractivity contribution in [3.8, 4) is 11.5 Å². The Kier molecular flexibility index (Phi) is 9.72. The van der Waals surface area contributed by atoms with E-state index in [2.05, 4.69) is 35.6 Å². The second-order valence-corrected chi connectivity index (χ2v) is 7.99. The van der Waals surface area contributed by atoms with Gasteiger partial charge in [-0.25, -0.2) is 0 Å². The van der Waals surface area contributed by atoms with Gasteiger partial charge in [-0.05, 0) is 65.9 Å². The Labute approximate surface area is 195 Å². The van der Waals surface area contributed by atoms with Gasteiger partial charge in [0, 0.05) is 12.1 Å². The summed E-state index contributed by atoms with van der Waals surface area (Å²) in [4.78, 5) is 0. The summed E-state index contributed by atoms with van der Waals surface area (Å²) in [6, 6.07) is 21.2. The first-order chi connectivity index (χ1) is 16.1. The molecular weight excluding hydrogens is 418 g/mol. The average Bonchev–Trinajstić information content (AvgIpc) is 2.85. The Morgan fingerprint density at radius 2 is 1.70 bits per heavy atom. The summed E-state index contributed by atoms with van der Waals surface area (Å²) >= 11 is 0. The van der Waals surface area contributed by atoms with Crippen LogP contribution >= 0.6 is 0 Å². The number of ether oxygens (including phenoxy) is 2. The molecule has 0 bridgehead atoms. The van der Waals surface area contributed by atoms with Crippen LogP contribution in [0.1, 0.15) is 33.9 Å². The molecule has 0 saturated heterocycles. The second kappa shape index (κ2) is 13.0. The number of rotatable bonds is 13. The minimum Gasteiger partial charge on any atom is -0.508 e. The summed E-state index contributed by atoms with van der Waals surface area (Å²) in [5.74, 6) is 0.891. The van der Waals surface area contributed by atoms with Crippen LogP contribution in [-0.2, 0) is 30.8 Å². The molecule has 0 aliphatic rings. The highest BCUT2D eigenvalue weighted by Crippen LogP contribution is 2.22. The number of benzene rings is 3. The van der Waals surface area contributed by atoms with Crippen LogP contribution in [0, 0.1) is 0 Å². The lowest BCUT2D eigenvalue weighted by atomic mass is 10.0. The number of aliphatic hydroxyl groups excluding tert-OH is 2. The van der Waals surface area contributed by atoms with Gasteiger partial charge in [0.1, 0.15) is 11.5 Å². The van der Waals surface area contributed by atoms with Gasteiger partial charge in [0.05, 0.1) is 33.0 Å². The Morgan fingerprint density at radius 3 is 2.45 bits per heavy atom. The number of methoxy groups -OCH3 is 1. The Bertz CT molecular complexity index is 990. The van der Waals surface area contributed by atoms with Gasteiger partial charge in [0.2, 0.25) is 0 Å². The molecule has 3 aromatic rings. The lowest BCUT2D eigenvalue weighted by Gasteiger charge is -2.14. The van der Waals surface area contributed by atoms with E-state index in [9.17, 15) is 15.3 Å². The van der Waals surface area contributed by atoms with E-state index in [1.54, 1.807) is 19.2 Å². The van der Waals surface area contributed by atoms with E-state index < -0.39 is 6.10 Å². The maximum Gasteiger partial charge on any atom is 0.121 e. The van der Waals surface area contributed by atoms with Crippen molar-refractivity contribution in [3.63, 3.8) is 0 Å². The van der Waals surface area contributed by atoms with Gasteiger partial charge in [-0.15, -0.1) is 0 Å². The van der Waals surface area contributed by atoms with Gasteiger partial charge in [0.25, 0.3) is 0 Å². The van der Waals surface area contributed by atoms with Crippen LogP contribution in [-0.4, -0.2) is 42.1 Å². The number of hydrogen-bond donors (Lipinski definition) is 4. The minimum atomic E-state index is -0.707. The van der Waals surface area contributed by atoms with Crippen molar-refractivity contribution < 1.29 is 24.8 Å². The number of phenols is 1. The van der Waals surface area contributed by atoms with Crippen LogP contribution in [0.5, 0.6) is 11.5 Å². The minimum absolute atomic E-state index is 0.0333. The smallest absolute Gasteiger partial charge is 0.121 e. The Morgan fingerprint density at radius 1 is 0.909 bits per heavy atom.